The lowest BCUT2D eigenvalue weighted by Crippen LogP contribution is -2.34. The number of nitrogens with one attached hydrogen (secondary N) is 2. The van der Waals surface area contributed by atoms with Crippen molar-refractivity contribution in [3.63, 3.8) is 0 Å². The summed E-state index contributed by atoms with van der Waals surface area (Å²) in [6, 6.07) is 31.3. The molecule has 4 aromatic carbocycles. The van der Waals surface area contributed by atoms with Crippen LogP contribution in [0.2, 0.25) is 0 Å². The minimum absolute atomic E-state index is 0.137. The Morgan fingerprint density at radius 3 is 2.18 bits per heavy atom. The number of benzene rings is 4. The highest BCUT2D eigenvalue weighted by Gasteiger charge is 2.34. The molecule has 0 aliphatic heterocycles. The minimum atomic E-state index is -0.959. The van der Waals surface area contributed by atoms with E-state index in [9.17, 15) is 19.5 Å². The molecule has 0 saturated heterocycles. The molecule has 1 heterocycles. The fourth-order valence-corrected chi connectivity index (χ4v) is 6.97. The summed E-state index contributed by atoms with van der Waals surface area (Å²) in [4.78, 5) is 39.2. The standard InChI is InChI=1S/C36H33N3O4S/c1-2-39-31-15-9-8-12-27(31)30-22-25(18-21-32(30)39)38-35(41)33(23-10-4-3-5-11-23)44-26-19-16-24(17-20-26)37-34(40)28-13-6-7-14-29(28)36(42)43/h3-12,15-22,28-29,33H,2,13-14H2,1H3,(H,37,40)(H,38,41)(H,42,43). The number of aliphatic carboxylic acids is 1. The Labute approximate surface area is 260 Å². The molecule has 1 aliphatic carbocycles. The Kier molecular flexibility index (Phi) is 8.52. The quantitative estimate of drug-likeness (QED) is 0.118. The van der Waals surface area contributed by atoms with Gasteiger partial charge in [0.1, 0.15) is 5.25 Å². The first kappa shape index (κ1) is 29.3. The summed E-state index contributed by atoms with van der Waals surface area (Å²) in [5, 5.41) is 17.3. The van der Waals surface area contributed by atoms with Crippen LogP contribution in [-0.2, 0) is 20.9 Å². The van der Waals surface area contributed by atoms with Crippen molar-refractivity contribution in [1.82, 2.24) is 4.57 Å². The van der Waals surface area contributed by atoms with Crippen molar-refractivity contribution in [1.29, 1.82) is 0 Å². The maximum absolute atomic E-state index is 13.8. The van der Waals surface area contributed by atoms with Crippen LogP contribution < -0.4 is 10.6 Å². The highest BCUT2D eigenvalue weighted by Crippen LogP contribution is 2.38. The second-order valence-electron chi connectivity index (χ2n) is 10.9. The number of hydrogen-bond acceptors (Lipinski definition) is 4. The van der Waals surface area contributed by atoms with Crippen LogP contribution in [-0.4, -0.2) is 27.5 Å². The third-order valence-corrected chi connectivity index (χ3v) is 9.43. The predicted molar refractivity (Wildman–Crippen MR) is 177 cm³/mol. The van der Waals surface area contributed by atoms with Crippen LogP contribution in [0.4, 0.5) is 11.4 Å². The minimum Gasteiger partial charge on any atom is -0.481 e. The van der Waals surface area contributed by atoms with Crippen LogP contribution in [0.5, 0.6) is 0 Å². The number of nitrogens with zero attached hydrogens (tertiary/aromatic N) is 1. The maximum atomic E-state index is 13.8. The molecule has 3 unspecified atom stereocenters. The van der Waals surface area contributed by atoms with Crippen LogP contribution in [0.3, 0.4) is 0 Å². The van der Waals surface area contributed by atoms with E-state index in [1.807, 2.05) is 78.9 Å². The van der Waals surface area contributed by atoms with Gasteiger partial charge in [0.25, 0.3) is 0 Å². The SMILES string of the molecule is CCn1c2ccccc2c2cc(NC(=O)C(Sc3ccc(NC(=O)C4CC=CCC4C(=O)O)cc3)c3ccccc3)ccc21. The second-order valence-corrected chi connectivity index (χ2v) is 12.1. The van der Waals surface area contributed by atoms with Crippen molar-refractivity contribution < 1.29 is 19.5 Å². The van der Waals surface area contributed by atoms with Gasteiger partial charge < -0.3 is 20.3 Å². The summed E-state index contributed by atoms with van der Waals surface area (Å²) in [7, 11) is 0. The number of aromatic nitrogens is 1. The van der Waals surface area contributed by atoms with Gasteiger partial charge in [-0.05, 0) is 73.9 Å². The summed E-state index contributed by atoms with van der Waals surface area (Å²) < 4.78 is 2.28. The highest BCUT2D eigenvalue weighted by molar-refractivity contribution is 8.00. The first-order chi connectivity index (χ1) is 21.4. The molecule has 44 heavy (non-hydrogen) atoms. The number of anilines is 2. The van der Waals surface area contributed by atoms with Crippen molar-refractivity contribution in [2.45, 2.75) is 36.5 Å². The first-order valence-electron chi connectivity index (χ1n) is 14.7. The van der Waals surface area contributed by atoms with Gasteiger partial charge in [0.05, 0.1) is 11.8 Å². The fourth-order valence-electron chi connectivity index (χ4n) is 5.95. The van der Waals surface area contributed by atoms with Gasteiger partial charge in [0, 0.05) is 44.6 Å². The summed E-state index contributed by atoms with van der Waals surface area (Å²) in [6.07, 6.45) is 4.43. The number of thioether (sulfide) groups is 1. The molecule has 6 rings (SSSR count). The van der Waals surface area contributed by atoms with Crippen molar-refractivity contribution in [2.75, 3.05) is 10.6 Å². The zero-order valence-electron chi connectivity index (χ0n) is 24.3. The Bertz CT molecular complexity index is 1860. The molecule has 3 atom stereocenters. The van der Waals surface area contributed by atoms with E-state index in [-0.39, 0.29) is 11.8 Å². The molecular formula is C36H33N3O4S. The fraction of sp³-hybridized carbons (Fsp3) is 0.194. The average Bonchev–Trinajstić information content (AvgIpc) is 3.37. The highest BCUT2D eigenvalue weighted by atomic mass is 32.2. The first-order valence-corrected chi connectivity index (χ1v) is 15.6. The molecule has 1 aliphatic rings. The maximum Gasteiger partial charge on any atom is 0.307 e. The average molecular weight is 604 g/mol. The zero-order valence-corrected chi connectivity index (χ0v) is 25.1. The van der Waals surface area contributed by atoms with Crippen LogP contribution in [0.25, 0.3) is 21.8 Å². The molecule has 1 aromatic heterocycles. The molecule has 7 nitrogen and oxygen atoms in total. The van der Waals surface area contributed by atoms with Gasteiger partial charge in [-0.2, -0.15) is 0 Å². The van der Waals surface area contributed by atoms with Crippen molar-refractivity contribution >= 4 is 62.7 Å². The third-order valence-electron chi connectivity index (χ3n) is 8.16. The van der Waals surface area contributed by atoms with Gasteiger partial charge in [0.15, 0.2) is 0 Å². The van der Waals surface area contributed by atoms with E-state index in [0.29, 0.717) is 18.5 Å². The van der Waals surface area contributed by atoms with Crippen LogP contribution >= 0.6 is 11.8 Å². The molecule has 0 spiro atoms. The molecule has 0 fully saturated rings. The van der Waals surface area contributed by atoms with E-state index >= 15 is 0 Å². The van der Waals surface area contributed by atoms with Crippen molar-refractivity contribution in [2.24, 2.45) is 11.8 Å². The molecule has 3 N–H and O–H groups in total. The molecular weight excluding hydrogens is 570 g/mol. The number of allylic oxidation sites excluding steroid dienone is 2. The number of carboxylic acid groups (broad SMARTS) is 1. The Morgan fingerprint density at radius 2 is 1.45 bits per heavy atom. The molecule has 0 bridgehead atoms. The monoisotopic (exact) mass is 603 g/mol. The largest absolute Gasteiger partial charge is 0.481 e. The summed E-state index contributed by atoms with van der Waals surface area (Å²) >= 11 is 1.43. The molecule has 8 heteroatoms. The van der Waals surface area contributed by atoms with Gasteiger partial charge in [-0.15, -0.1) is 11.8 Å². The number of fused-ring (bicyclic) bond motifs is 3. The smallest absolute Gasteiger partial charge is 0.307 e. The Morgan fingerprint density at radius 1 is 0.795 bits per heavy atom. The van der Waals surface area contributed by atoms with E-state index < -0.39 is 23.1 Å². The predicted octanol–water partition coefficient (Wildman–Crippen LogP) is 7.89. The number of carbonyl (C=O) groups is 3. The van der Waals surface area contributed by atoms with Gasteiger partial charge in [-0.25, -0.2) is 0 Å². The Hall–Kier alpha value is -4.82. The summed E-state index contributed by atoms with van der Waals surface area (Å²) in [5.41, 5.74) is 4.49. The number of para-hydroxylation sites is 1. The third kappa shape index (κ3) is 5.98. The van der Waals surface area contributed by atoms with E-state index in [1.54, 1.807) is 12.1 Å². The van der Waals surface area contributed by atoms with E-state index in [4.69, 9.17) is 0 Å². The lowest BCUT2D eigenvalue weighted by Gasteiger charge is -2.24. The number of rotatable bonds is 9. The van der Waals surface area contributed by atoms with Crippen LogP contribution in [0.15, 0.2) is 114 Å². The number of carbonyl (C=O) groups excluding carboxylic acids is 2. The molecule has 5 aromatic rings. The topological polar surface area (TPSA) is 100 Å². The number of hydrogen-bond donors (Lipinski definition) is 3. The zero-order chi connectivity index (χ0) is 30.6. The van der Waals surface area contributed by atoms with Crippen molar-refractivity contribution in [3.8, 4) is 0 Å². The van der Waals surface area contributed by atoms with E-state index in [1.165, 1.54) is 17.3 Å². The van der Waals surface area contributed by atoms with Gasteiger partial charge in [-0.3, -0.25) is 14.4 Å². The second kappa shape index (κ2) is 12.8. The van der Waals surface area contributed by atoms with Crippen LogP contribution in [0, 0.1) is 11.8 Å². The molecule has 222 valence electrons. The number of aryl methyl sites for hydroxylation is 1. The van der Waals surface area contributed by atoms with E-state index in [0.717, 1.165) is 39.0 Å². The lowest BCUT2D eigenvalue weighted by molar-refractivity contribution is -0.146. The number of carboxylic acids is 1. The van der Waals surface area contributed by atoms with Crippen LogP contribution in [0.1, 0.15) is 30.6 Å². The Balaban J connectivity index is 1.20. The van der Waals surface area contributed by atoms with Gasteiger partial charge >= 0.3 is 5.97 Å². The summed E-state index contributed by atoms with van der Waals surface area (Å²) in [6.45, 7) is 2.98. The summed E-state index contributed by atoms with van der Waals surface area (Å²) in [5.74, 6) is -2.74. The molecule has 0 radical (unpaired) electrons. The molecule has 0 saturated carbocycles. The van der Waals surface area contributed by atoms with Crippen molar-refractivity contribution in [3.05, 3.63) is 115 Å². The van der Waals surface area contributed by atoms with Gasteiger partial charge in [0.2, 0.25) is 11.8 Å². The lowest BCUT2D eigenvalue weighted by atomic mass is 9.82. The van der Waals surface area contributed by atoms with Gasteiger partial charge in [-0.1, -0.05) is 60.7 Å². The number of amides is 2. The van der Waals surface area contributed by atoms with E-state index in [2.05, 4.69) is 40.3 Å². The molecule has 2 amide bonds. The normalized spacial score (nSPS) is 16.9.